The van der Waals surface area contributed by atoms with Crippen LogP contribution in [0.5, 0.6) is 0 Å². The Morgan fingerprint density at radius 3 is 2.48 bits per heavy atom. The predicted molar refractivity (Wildman–Crippen MR) is 80.6 cm³/mol. The zero-order valence-corrected chi connectivity index (χ0v) is 12.8. The van der Waals surface area contributed by atoms with Crippen LogP contribution in [0.1, 0.15) is 24.5 Å². The number of hydrogen-bond acceptors (Lipinski definition) is 2. The second-order valence-corrected chi connectivity index (χ2v) is 5.98. The number of rotatable bonds is 5. The van der Waals surface area contributed by atoms with E-state index in [0.29, 0.717) is 18.4 Å². The van der Waals surface area contributed by atoms with E-state index in [1.54, 1.807) is 6.92 Å². The van der Waals surface area contributed by atoms with Crippen molar-refractivity contribution in [2.45, 2.75) is 32.0 Å². The molecule has 1 aromatic carbocycles. The van der Waals surface area contributed by atoms with Gasteiger partial charge < -0.3 is 10.4 Å². The normalized spacial score (nSPS) is 22.1. The maximum absolute atomic E-state index is 12.5. The smallest absolute Gasteiger partial charge is 0.396 e. The molecule has 1 aliphatic carbocycles. The lowest BCUT2D eigenvalue weighted by Gasteiger charge is -2.17. The molecule has 3 atom stereocenters. The number of aliphatic hydroxyl groups excluding tert-OH is 1. The van der Waals surface area contributed by atoms with E-state index >= 15 is 0 Å². The van der Waals surface area contributed by atoms with Gasteiger partial charge in [-0.15, -0.1) is 0 Å². The lowest BCUT2D eigenvalue weighted by atomic mass is 9.98. The third-order valence-corrected chi connectivity index (χ3v) is 4.01. The molecule has 0 radical (unpaired) electrons. The molecular weight excluding hydrogens is 307 g/mol. The van der Waals surface area contributed by atoms with Gasteiger partial charge in [-0.2, -0.15) is 13.2 Å². The topological polar surface area (TPSA) is 49.3 Å². The Morgan fingerprint density at radius 1 is 1.30 bits per heavy atom. The molecule has 1 amide bonds. The van der Waals surface area contributed by atoms with E-state index in [9.17, 15) is 18.0 Å². The Morgan fingerprint density at radius 2 is 1.96 bits per heavy atom. The fourth-order valence-electron chi connectivity index (χ4n) is 2.62. The average Bonchev–Trinajstić information content (AvgIpc) is 2.94. The molecule has 0 aliphatic heterocycles. The van der Waals surface area contributed by atoms with Crippen LogP contribution in [0, 0.1) is 11.8 Å². The number of amides is 1. The van der Waals surface area contributed by atoms with Crippen LogP contribution < -0.4 is 5.32 Å². The summed E-state index contributed by atoms with van der Waals surface area (Å²) in [6.45, 7) is 1.80. The van der Waals surface area contributed by atoms with Crippen molar-refractivity contribution < 1.29 is 23.1 Å². The van der Waals surface area contributed by atoms with Gasteiger partial charge in [-0.05, 0) is 30.5 Å². The number of carbonyl (C=O) groups is 1. The molecule has 2 N–H and O–H groups in total. The Kier molecular flexibility index (Phi) is 5.46. The van der Waals surface area contributed by atoms with E-state index in [-0.39, 0.29) is 30.4 Å². The molecule has 3 nitrogen and oxygen atoms in total. The van der Waals surface area contributed by atoms with Gasteiger partial charge in [0.1, 0.15) is 0 Å². The van der Waals surface area contributed by atoms with Gasteiger partial charge in [0.15, 0.2) is 0 Å². The molecular formula is C17H20F3NO2. The van der Waals surface area contributed by atoms with Crippen LogP contribution in [-0.4, -0.2) is 23.7 Å². The fraction of sp³-hybridized carbons (Fsp3) is 0.471. The van der Waals surface area contributed by atoms with Gasteiger partial charge >= 0.3 is 6.18 Å². The molecule has 1 aliphatic rings. The molecule has 0 spiro atoms. The van der Waals surface area contributed by atoms with Crippen LogP contribution in [0.15, 0.2) is 36.4 Å². The number of benzene rings is 1. The summed E-state index contributed by atoms with van der Waals surface area (Å²) in [4.78, 5) is 12.1. The molecule has 0 saturated heterocycles. The maximum atomic E-state index is 12.5. The summed E-state index contributed by atoms with van der Waals surface area (Å²) < 4.78 is 37.5. The Bertz CT molecular complexity index is 566. The van der Waals surface area contributed by atoms with Crippen LogP contribution in [-0.2, 0) is 17.4 Å². The second kappa shape index (κ2) is 7.17. The highest BCUT2D eigenvalue weighted by Crippen LogP contribution is 2.29. The molecule has 23 heavy (non-hydrogen) atoms. The molecule has 0 saturated carbocycles. The summed E-state index contributed by atoms with van der Waals surface area (Å²) in [5.74, 6) is -0.406. The molecule has 2 rings (SSSR count). The van der Waals surface area contributed by atoms with Crippen molar-refractivity contribution in [3.8, 4) is 0 Å². The first-order valence-electron chi connectivity index (χ1n) is 7.55. The molecule has 126 valence electrons. The molecule has 0 aromatic heterocycles. The third-order valence-electron chi connectivity index (χ3n) is 4.01. The Labute approximate surface area is 133 Å². The number of alkyl halides is 3. The second-order valence-electron chi connectivity index (χ2n) is 5.98. The van der Waals surface area contributed by atoms with E-state index in [4.69, 9.17) is 5.11 Å². The largest absolute Gasteiger partial charge is 0.416 e. The Balaban J connectivity index is 1.87. The standard InChI is InChI=1S/C17H20F3NO2/c1-11(16(23)21-15-7-4-13(9-15)10-22)8-12-2-5-14(6-3-12)17(18,19)20/h2-7,11,13,15,22H,8-10H2,1H3,(H,21,23)/t11?,13-,15+/m0/s1. The minimum absolute atomic E-state index is 0.0595. The summed E-state index contributed by atoms with van der Waals surface area (Å²) in [5, 5.41) is 11.9. The summed E-state index contributed by atoms with van der Waals surface area (Å²) in [5.41, 5.74) is 0.000316. The Hall–Kier alpha value is -1.82. The van der Waals surface area contributed by atoms with Gasteiger partial charge in [0.05, 0.1) is 5.56 Å². The fourth-order valence-corrected chi connectivity index (χ4v) is 2.62. The van der Waals surface area contributed by atoms with Crippen LogP contribution in [0.4, 0.5) is 13.2 Å². The van der Waals surface area contributed by atoms with Gasteiger partial charge in [0, 0.05) is 24.5 Å². The minimum Gasteiger partial charge on any atom is -0.396 e. The van der Waals surface area contributed by atoms with Gasteiger partial charge in [0.25, 0.3) is 0 Å². The molecule has 0 heterocycles. The van der Waals surface area contributed by atoms with Crippen molar-refractivity contribution in [2.75, 3.05) is 6.61 Å². The van der Waals surface area contributed by atoms with Crippen molar-refractivity contribution in [1.29, 1.82) is 0 Å². The highest BCUT2D eigenvalue weighted by molar-refractivity contribution is 5.79. The lowest BCUT2D eigenvalue weighted by Crippen LogP contribution is -2.37. The highest BCUT2D eigenvalue weighted by atomic mass is 19.4. The van der Waals surface area contributed by atoms with Gasteiger partial charge in [-0.1, -0.05) is 31.2 Å². The molecule has 6 heteroatoms. The van der Waals surface area contributed by atoms with Gasteiger partial charge in [-0.3, -0.25) is 4.79 Å². The van der Waals surface area contributed by atoms with E-state index in [1.165, 1.54) is 12.1 Å². The lowest BCUT2D eigenvalue weighted by molar-refractivity contribution is -0.137. The maximum Gasteiger partial charge on any atom is 0.416 e. The predicted octanol–water partition coefficient (Wildman–Crippen LogP) is 2.94. The van der Waals surface area contributed by atoms with E-state index in [2.05, 4.69) is 5.32 Å². The molecule has 0 fully saturated rings. The number of halogens is 3. The van der Waals surface area contributed by atoms with Crippen LogP contribution in [0.3, 0.4) is 0 Å². The van der Waals surface area contributed by atoms with Crippen LogP contribution in [0.25, 0.3) is 0 Å². The zero-order chi connectivity index (χ0) is 17.0. The van der Waals surface area contributed by atoms with Crippen molar-refractivity contribution in [3.05, 3.63) is 47.5 Å². The summed E-state index contributed by atoms with van der Waals surface area (Å²) >= 11 is 0. The van der Waals surface area contributed by atoms with E-state index in [1.807, 2.05) is 12.2 Å². The molecule has 1 aromatic rings. The van der Waals surface area contributed by atoms with Gasteiger partial charge in [-0.25, -0.2) is 0 Å². The third kappa shape index (κ3) is 4.82. The van der Waals surface area contributed by atoms with Gasteiger partial charge in [0.2, 0.25) is 5.91 Å². The van der Waals surface area contributed by atoms with Crippen molar-refractivity contribution >= 4 is 5.91 Å². The first-order chi connectivity index (χ1) is 10.8. The number of carbonyl (C=O) groups excluding carboxylic acids is 1. The SMILES string of the molecule is CC(Cc1ccc(C(F)(F)F)cc1)C(=O)N[C@@H]1C=C[C@H](CO)C1. The first-order valence-corrected chi connectivity index (χ1v) is 7.55. The summed E-state index contributed by atoms with van der Waals surface area (Å²) in [6, 6.07) is 4.79. The van der Waals surface area contributed by atoms with E-state index < -0.39 is 11.7 Å². The quantitative estimate of drug-likeness (QED) is 0.817. The first kappa shape index (κ1) is 17.5. The average molecular weight is 327 g/mol. The minimum atomic E-state index is -4.35. The summed E-state index contributed by atoms with van der Waals surface area (Å²) in [6.07, 6.45) is 0.452. The highest BCUT2D eigenvalue weighted by Gasteiger charge is 2.30. The van der Waals surface area contributed by atoms with Crippen molar-refractivity contribution in [1.82, 2.24) is 5.32 Å². The van der Waals surface area contributed by atoms with Crippen LogP contribution >= 0.6 is 0 Å². The zero-order valence-electron chi connectivity index (χ0n) is 12.8. The van der Waals surface area contributed by atoms with Crippen molar-refractivity contribution in [2.24, 2.45) is 11.8 Å². The monoisotopic (exact) mass is 327 g/mol. The number of hydrogen-bond donors (Lipinski definition) is 2. The number of aliphatic hydroxyl groups is 1. The summed E-state index contributed by atoms with van der Waals surface area (Å²) in [7, 11) is 0. The van der Waals surface area contributed by atoms with E-state index in [0.717, 1.165) is 12.1 Å². The molecule has 1 unspecified atom stereocenters. The number of nitrogens with one attached hydrogen (secondary N) is 1. The van der Waals surface area contributed by atoms with Crippen molar-refractivity contribution in [3.63, 3.8) is 0 Å². The van der Waals surface area contributed by atoms with Crippen LogP contribution in [0.2, 0.25) is 0 Å². The molecule has 0 bridgehead atoms.